The highest BCUT2D eigenvalue weighted by Crippen LogP contribution is 2.30. The first-order valence-electron chi connectivity index (χ1n) is 6.36. The van der Waals surface area contributed by atoms with Crippen LogP contribution in [0.25, 0.3) is 0 Å². The average molecular weight is 234 g/mol. The van der Waals surface area contributed by atoms with E-state index in [1.54, 1.807) is 0 Å². The molecule has 0 radical (unpaired) electrons. The minimum atomic E-state index is 0.103. The number of rotatable bonds is 4. The SMILES string of the molecule is CC(CO)CN1CCc2cc(C(C)N)ccc21. The lowest BCUT2D eigenvalue weighted by Gasteiger charge is -2.22. The van der Waals surface area contributed by atoms with Crippen molar-refractivity contribution in [2.45, 2.75) is 26.3 Å². The summed E-state index contributed by atoms with van der Waals surface area (Å²) in [7, 11) is 0. The Labute approximate surface area is 103 Å². The molecule has 2 unspecified atom stereocenters. The van der Waals surface area contributed by atoms with Crippen molar-refractivity contribution in [2.75, 3.05) is 24.6 Å². The zero-order chi connectivity index (χ0) is 12.4. The van der Waals surface area contributed by atoms with Gasteiger partial charge in [-0.1, -0.05) is 19.1 Å². The lowest BCUT2D eigenvalue weighted by Crippen LogP contribution is -2.27. The molecular weight excluding hydrogens is 212 g/mol. The topological polar surface area (TPSA) is 49.5 Å². The summed E-state index contributed by atoms with van der Waals surface area (Å²) in [4.78, 5) is 2.36. The maximum Gasteiger partial charge on any atom is 0.0473 e. The third kappa shape index (κ3) is 2.61. The van der Waals surface area contributed by atoms with Crippen molar-refractivity contribution in [3.05, 3.63) is 29.3 Å². The standard InChI is InChI=1S/C14H22N2O/c1-10(9-17)8-16-6-5-13-7-12(11(2)15)3-4-14(13)16/h3-4,7,10-11,17H,5-6,8-9,15H2,1-2H3. The number of hydrogen-bond acceptors (Lipinski definition) is 3. The highest BCUT2D eigenvalue weighted by molar-refractivity contribution is 5.59. The van der Waals surface area contributed by atoms with Crippen LogP contribution in [0.5, 0.6) is 0 Å². The third-order valence-electron chi connectivity index (χ3n) is 3.46. The zero-order valence-corrected chi connectivity index (χ0v) is 10.7. The van der Waals surface area contributed by atoms with Crippen molar-refractivity contribution in [1.82, 2.24) is 0 Å². The maximum atomic E-state index is 9.12. The van der Waals surface area contributed by atoms with Gasteiger partial charge >= 0.3 is 0 Å². The molecule has 1 aliphatic heterocycles. The van der Waals surface area contributed by atoms with E-state index in [2.05, 4.69) is 30.0 Å². The molecule has 0 saturated heterocycles. The van der Waals surface area contributed by atoms with Crippen LogP contribution in [0.15, 0.2) is 18.2 Å². The first-order chi connectivity index (χ1) is 8.11. The molecule has 1 heterocycles. The molecule has 0 spiro atoms. The molecule has 17 heavy (non-hydrogen) atoms. The van der Waals surface area contributed by atoms with Gasteiger partial charge in [-0.2, -0.15) is 0 Å². The summed E-state index contributed by atoms with van der Waals surface area (Å²) in [6, 6.07) is 6.62. The molecule has 0 aliphatic carbocycles. The van der Waals surface area contributed by atoms with Gasteiger partial charge in [-0.25, -0.2) is 0 Å². The Bertz CT molecular complexity index is 390. The van der Waals surface area contributed by atoms with Crippen LogP contribution < -0.4 is 10.6 Å². The van der Waals surface area contributed by atoms with E-state index in [0.29, 0.717) is 5.92 Å². The van der Waals surface area contributed by atoms with Crippen LogP contribution in [-0.2, 0) is 6.42 Å². The van der Waals surface area contributed by atoms with Gasteiger partial charge in [-0.05, 0) is 36.5 Å². The van der Waals surface area contributed by atoms with E-state index in [4.69, 9.17) is 10.8 Å². The molecule has 2 atom stereocenters. The van der Waals surface area contributed by atoms with Crippen molar-refractivity contribution in [2.24, 2.45) is 11.7 Å². The maximum absolute atomic E-state index is 9.12. The van der Waals surface area contributed by atoms with Crippen LogP contribution in [0.1, 0.15) is 31.0 Å². The van der Waals surface area contributed by atoms with Gasteiger partial charge < -0.3 is 15.7 Å². The Hall–Kier alpha value is -1.06. The number of hydrogen-bond donors (Lipinski definition) is 2. The second-order valence-corrected chi connectivity index (χ2v) is 5.16. The van der Waals surface area contributed by atoms with Gasteiger partial charge in [0.2, 0.25) is 0 Å². The van der Waals surface area contributed by atoms with Gasteiger partial charge in [0.25, 0.3) is 0 Å². The average Bonchev–Trinajstić information content (AvgIpc) is 2.71. The molecule has 0 bridgehead atoms. The fourth-order valence-electron chi connectivity index (χ4n) is 2.40. The molecule has 1 aliphatic rings. The van der Waals surface area contributed by atoms with Crippen LogP contribution in [0, 0.1) is 5.92 Å². The van der Waals surface area contributed by atoms with Gasteiger partial charge in [-0.3, -0.25) is 0 Å². The van der Waals surface area contributed by atoms with E-state index in [9.17, 15) is 0 Å². The summed E-state index contributed by atoms with van der Waals surface area (Å²) in [6.07, 6.45) is 1.09. The van der Waals surface area contributed by atoms with Crippen molar-refractivity contribution in [3.8, 4) is 0 Å². The van der Waals surface area contributed by atoms with Gasteiger partial charge in [0, 0.05) is 31.4 Å². The Morgan fingerprint density at radius 2 is 2.18 bits per heavy atom. The van der Waals surface area contributed by atoms with Crippen LogP contribution in [0.4, 0.5) is 5.69 Å². The number of benzene rings is 1. The molecule has 2 rings (SSSR count). The zero-order valence-electron chi connectivity index (χ0n) is 10.7. The van der Waals surface area contributed by atoms with E-state index in [0.717, 1.165) is 19.5 Å². The Morgan fingerprint density at radius 1 is 1.41 bits per heavy atom. The predicted molar refractivity (Wildman–Crippen MR) is 71.2 cm³/mol. The number of aliphatic hydroxyl groups excluding tert-OH is 1. The smallest absolute Gasteiger partial charge is 0.0473 e. The number of nitrogens with two attached hydrogens (primary N) is 1. The molecule has 0 fully saturated rings. The monoisotopic (exact) mass is 234 g/mol. The Balaban J connectivity index is 2.16. The summed E-state index contributed by atoms with van der Waals surface area (Å²) in [5.41, 5.74) is 9.82. The van der Waals surface area contributed by atoms with Crippen molar-refractivity contribution in [1.29, 1.82) is 0 Å². The lowest BCUT2D eigenvalue weighted by molar-refractivity contribution is 0.239. The molecule has 3 nitrogen and oxygen atoms in total. The van der Waals surface area contributed by atoms with Crippen molar-refractivity contribution in [3.63, 3.8) is 0 Å². The van der Waals surface area contributed by atoms with Gasteiger partial charge in [0.15, 0.2) is 0 Å². The van der Waals surface area contributed by atoms with Crippen LogP contribution in [-0.4, -0.2) is 24.8 Å². The Kier molecular flexibility index (Phi) is 3.69. The highest BCUT2D eigenvalue weighted by Gasteiger charge is 2.20. The van der Waals surface area contributed by atoms with E-state index in [-0.39, 0.29) is 12.6 Å². The first kappa shape index (κ1) is 12.4. The van der Waals surface area contributed by atoms with Gasteiger partial charge in [0.1, 0.15) is 0 Å². The summed E-state index contributed by atoms with van der Waals surface area (Å²) in [6.45, 7) is 6.34. The molecule has 3 N–H and O–H groups in total. The van der Waals surface area contributed by atoms with E-state index >= 15 is 0 Å². The molecule has 0 amide bonds. The second-order valence-electron chi connectivity index (χ2n) is 5.16. The fourth-order valence-corrected chi connectivity index (χ4v) is 2.40. The molecule has 3 heteroatoms. The number of anilines is 1. The van der Waals surface area contributed by atoms with E-state index in [1.807, 2.05) is 6.92 Å². The number of nitrogens with zero attached hydrogens (tertiary/aromatic N) is 1. The number of fused-ring (bicyclic) bond motifs is 1. The lowest BCUT2D eigenvalue weighted by atomic mass is 10.0. The fraction of sp³-hybridized carbons (Fsp3) is 0.571. The molecule has 0 saturated carbocycles. The summed E-state index contributed by atoms with van der Waals surface area (Å²) in [5, 5.41) is 9.12. The summed E-state index contributed by atoms with van der Waals surface area (Å²) in [5.74, 6) is 0.328. The molecular formula is C14H22N2O. The summed E-state index contributed by atoms with van der Waals surface area (Å²) < 4.78 is 0. The minimum absolute atomic E-state index is 0.103. The second kappa shape index (κ2) is 5.07. The van der Waals surface area contributed by atoms with E-state index in [1.165, 1.54) is 16.8 Å². The largest absolute Gasteiger partial charge is 0.396 e. The molecule has 94 valence electrons. The minimum Gasteiger partial charge on any atom is -0.396 e. The Morgan fingerprint density at radius 3 is 2.82 bits per heavy atom. The van der Waals surface area contributed by atoms with Crippen molar-refractivity contribution < 1.29 is 5.11 Å². The van der Waals surface area contributed by atoms with Gasteiger partial charge in [-0.15, -0.1) is 0 Å². The first-order valence-corrected chi connectivity index (χ1v) is 6.36. The normalized spacial score (nSPS) is 18.0. The van der Waals surface area contributed by atoms with Crippen molar-refractivity contribution >= 4 is 5.69 Å². The summed E-state index contributed by atoms with van der Waals surface area (Å²) >= 11 is 0. The number of aliphatic hydroxyl groups is 1. The molecule has 1 aromatic rings. The highest BCUT2D eigenvalue weighted by atomic mass is 16.3. The van der Waals surface area contributed by atoms with E-state index < -0.39 is 0 Å². The van der Waals surface area contributed by atoms with Crippen LogP contribution in [0.2, 0.25) is 0 Å². The molecule has 1 aromatic carbocycles. The van der Waals surface area contributed by atoms with Gasteiger partial charge in [0.05, 0.1) is 0 Å². The van der Waals surface area contributed by atoms with Crippen LogP contribution >= 0.6 is 0 Å². The predicted octanol–water partition coefficient (Wildman–Crippen LogP) is 1.70. The van der Waals surface area contributed by atoms with Crippen LogP contribution in [0.3, 0.4) is 0 Å². The quantitative estimate of drug-likeness (QED) is 0.833. The third-order valence-corrected chi connectivity index (χ3v) is 3.46. The molecule has 0 aromatic heterocycles.